The van der Waals surface area contributed by atoms with Crippen LogP contribution in [0.5, 0.6) is 0 Å². The van der Waals surface area contributed by atoms with Crippen molar-refractivity contribution in [3.63, 3.8) is 0 Å². The van der Waals surface area contributed by atoms with E-state index in [1.54, 1.807) is 0 Å². The number of hydrogen-bond acceptors (Lipinski definition) is 3. The van der Waals surface area contributed by atoms with Crippen molar-refractivity contribution in [2.24, 2.45) is 5.73 Å². The van der Waals surface area contributed by atoms with Crippen molar-refractivity contribution < 1.29 is 4.79 Å². The van der Waals surface area contributed by atoms with Crippen LogP contribution in [0.3, 0.4) is 0 Å². The molecule has 0 spiro atoms. The molecule has 1 aromatic carbocycles. The van der Waals surface area contributed by atoms with Crippen LogP contribution in [0.15, 0.2) is 24.3 Å². The highest BCUT2D eigenvalue weighted by Crippen LogP contribution is 2.17. The molecule has 3 N–H and O–H groups in total. The smallest absolute Gasteiger partial charge is 0.225 e. The first-order valence-corrected chi connectivity index (χ1v) is 7.46. The number of para-hydroxylation sites is 1. The van der Waals surface area contributed by atoms with Gasteiger partial charge in [0.25, 0.3) is 0 Å². The van der Waals surface area contributed by atoms with Gasteiger partial charge in [0.15, 0.2) is 0 Å². The summed E-state index contributed by atoms with van der Waals surface area (Å²) in [6, 6.07) is 7.90. The van der Waals surface area contributed by atoms with E-state index in [-0.39, 0.29) is 11.9 Å². The molecule has 0 heterocycles. The number of nitrogens with two attached hydrogens (primary N) is 1. The number of anilines is 1. The molecule has 0 saturated carbocycles. The summed E-state index contributed by atoms with van der Waals surface area (Å²) in [6.45, 7) is 9.13. The Hall–Kier alpha value is -1.39. The average Bonchev–Trinajstić information content (AvgIpc) is 2.46. The maximum Gasteiger partial charge on any atom is 0.225 e. The molecule has 20 heavy (non-hydrogen) atoms. The van der Waals surface area contributed by atoms with Crippen molar-refractivity contribution in [2.75, 3.05) is 18.4 Å². The third-order valence-corrected chi connectivity index (χ3v) is 3.55. The summed E-state index contributed by atoms with van der Waals surface area (Å²) >= 11 is 0. The van der Waals surface area contributed by atoms with Crippen LogP contribution in [0.25, 0.3) is 0 Å². The number of carbonyl (C=O) groups is 1. The van der Waals surface area contributed by atoms with E-state index in [1.165, 1.54) is 0 Å². The van der Waals surface area contributed by atoms with Gasteiger partial charge in [-0.1, -0.05) is 39.0 Å². The van der Waals surface area contributed by atoms with E-state index in [0.717, 1.165) is 37.3 Å². The van der Waals surface area contributed by atoms with E-state index >= 15 is 0 Å². The minimum absolute atomic E-state index is 0.00801. The van der Waals surface area contributed by atoms with Crippen molar-refractivity contribution in [2.45, 2.75) is 46.2 Å². The van der Waals surface area contributed by atoms with Crippen molar-refractivity contribution >= 4 is 11.6 Å². The first kappa shape index (κ1) is 16.7. The van der Waals surface area contributed by atoms with Gasteiger partial charge in [0.1, 0.15) is 0 Å². The van der Waals surface area contributed by atoms with Crippen molar-refractivity contribution in [1.82, 2.24) is 4.90 Å². The molecule has 0 saturated heterocycles. The standard InChI is InChI=1S/C16H27N3O/c1-4-14(17)11-16(20)18-15-10-8-7-9-13(15)12-19(5-2)6-3/h7-10,14H,4-6,11-12,17H2,1-3H3,(H,18,20). The Morgan fingerprint density at radius 1 is 1.25 bits per heavy atom. The van der Waals surface area contributed by atoms with Crippen LogP contribution in [0, 0.1) is 0 Å². The molecule has 0 aromatic heterocycles. The number of nitrogens with one attached hydrogen (secondary N) is 1. The largest absolute Gasteiger partial charge is 0.327 e. The first-order chi connectivity index (χ1) is 9.60. The summed E-state index contributed by atoms with van der Waals surface area (Å²) in [5, 5.41) is 2.98. The van der Waals surface area contributed by atoms with Gasteiger partial charge < -0.3 is 11.1 Å². The Morgan fingerprint density at radius 3 is 2.50 bits per heavy atom. The normalized spacial score (nSPS) is 12.4. The van der Waals surface area contributed by atoms with Crippen LogP contribution in [0.1, 0.15) is 39.2 Å². The lowest BCUT2D eigenvalue weighted by Gasteiger charge is -2.20. The molecule has 4 nitrogen and oxygen atoms in total. The van der Waals surface area contributed by atoms with E-state index < -0.39 is 0 Å². The van der Waals surface area contributed by atoms with Gasteiger partial charge >= 0.3 is 0 Å². The van der Waals surface area contributed by atoms with E-state index in [4.69, 9.17) is 5.73 Å². The van der Waals surface area contributed by atoms with Gasteiger partial charge in [-0.25, -0.2) is 0 Å². The Balaban J connectivity index is 2.72. The van der Waals surface area contributed by atoms with Crippen molar-refractivity contribution in [1.29, 1.82) is 0 Å². The van der Waals surface area contributed by atoms with Gasteiger partial charge in [-0.3, -0.25) is 9.69 Å². The highest BCUT2D eigenvalue weighted by Gasteiger charge is 2.11. The molecule has 1 amide bonds. The molecule has 0 radical (unpaired) electrons. The first-order valence-electron chi connectivity index (χ1n) is 7.46. The number of hydrogen-bond donors (Lipinski definition) is 2. The Bertz CT molecular complexity index is 416. The van der Waals surface area contributed by atoms with Crippen molar-refractivity contribution in [3.05, 3.63) is 29.8 Å². The second kappa shape index (κ2) is 8.72. The molecule has 0 bridgehead atoms. The van der Waals surface area contributed by atoms with Gasteiger partial charge in [0, 0.05) is 24.7 Å². The average molecular weight is 277 g/mol. The van der Waals surface area contributed by atoms with Gasteiger partial charge in [0.2, 0.25) is 5.91 Å². The summed E-state index contributed by atoms with van der Waals surface area (Å²) in [6.07, 6.45) is 1.19. The summed E-state index contributed by atoms with van der Waals surface area (Å²) in [5.41, 5.74) is 7.86. The van der Waals surface area contributed by atoms with E-state index in [1.807, 2.05) is 25.1 Å². The topological polar surface area (TPSA) is 58.4 Å². The quantitative estimate of drug-likeness (QED) is 0.768. The molecule has 112 valence electrons. The van der Waals surface area contributed by atoms with Crippen LogP contribution >= 0.6 is 0 Å². The lowest BCUT2D eigenvalue weighted by atomic mass is 10.1. The predicted molar refractivity (Wildman–Crippen MR) is 84.6 cm³/mol. The minimum atomic E-state index is -0.0649. The summed E-state index contributed by atoms with van der Waals surface area (Å²) in [5.74, 6) is -0.00801. The van der Waals surface area contributed by atoms with E-state index in [9.17, 15) is 4.79 Å². The van der Waals surface area contributed by atoms with E-state index in [2.05, 4.69) is 30.1 Å². The molecule has 0 fully saturated rings. The van der Waals surface area contributed by atoms with Crippen LogP contribution < -0.4 is 11.1 Å². The number of rotatable bonds is 8. The third-order valence-electron chi connectivity index (χ3n) is 3.55. The lowest BCUT2D eigenvalue weighted by molar-refractivity contribution is -0.116. The molecule has 0 aliphatic carbocycles. The van der Waals surface area contributed by atoms with Gasteiger partial charge in [-0.15, -0.1) is 0 Å². The van der Waals surface area contributed by atoms with Crippen LogP contribution in [0.4, 0.5) is 5.69 Å². The zero-order valence-corrected chi connectivity index (χ0v) is 12.9. The number of benzene rings is 1. The molecule has 4 heteroatoms. The second-order valence-corrected chi connectivity index (χ2v) is 5.04. The Labute approximate surface area is 122 Å². The maximum absolute atomic E-state index is 12.0. The fourth-order valence-corrected chi connectivity index (χ4v) is 2.05. The fraction of sp³-hybridized carbons (Fsp3) is 0.562. The van der Waals surface area contributed by atoms with Crippen LogP contribution in [-0.4, -0.2) is 29.9 Å². The maximum atomic E-state index is 12.0. The molecular weight excluding hydrogens is 250 g/mol. The lowest BCUT2D eigenvalue weighted by Crippen LogP contribution is -2.27. The molecule has 1 aromatic rings. The van der Waals surface area contributed by atoms with Gasteiger partial charge in [0.05, 0.1) is 0 Å². The molecule has 1 rings (SSSR count). The molecular formula is C16H27N3O. The van der Waals surface area contributed by atoms with Crippen LogP contribution in [-0.2, 0) is 11.3 Å². The third kappa shape index (κ3) is 5.31. The molecule has 0 aliphatic heterocycles. The highest BCUT2D eigenvalue weighted by molar-refractivity contribution is 5.91. The second-order valence-electron chi connectivity index (χ2n) is 5.04. The monoisotopic (exact) mass is 277 g/mol. The summed E-state index contributed by atoms with van der Waals surface area (Å²) in [7, 11) is 0. The summed E-state index contributed by atoms with van der Waals surface area (Å²) < 4.78 is 0. The Morgan fingerprint density at radius 2 is 1.90 bits per heavy atom. The van der Waals surface area contributed by atoms with Gasteiger partial charge in [-0.05, 0) is 31.1 Å². The fourth-order valence-electron chi connectivity index (χ4n) is 2.05. The van der Waals surface area contributed by atoms with Crippen LogP contribution in [0.2, 0.25) is 0 Å². The number of nitrogens with zero attached hydrogens (tertiary/aromatic N) is 1. The number of carbonyl (C=O) groups excluding carboxylic acids is 1. The highest BCUT2D eigenvalue weighted by atomic mass is 16.1. The molecule has 0 aliphatic rings. The Kier molecular flexibility index (Phi) is 7.26. The molecule has 1 atom stereocenters. The van der Waals surface area contributed by atoms with Gasteiger partial charge in [-0.2, -0.15) is 0 Å². The van der Waals surface area contributed by atoms with E-state index in [0.29, 0.717) is 6.42 Å². The van der Waals surface area contributed by atoms with Crippen molar-refractivity contribution in [3.8, 4) is 0 Å². The summed E-state index contributed by atoms with van der Waals surface area (Å²) in [4.78, 5) is 14.3. The minimum Gasteiger partial charge on any atom is -0.327 e. The SMILES string of the molecule is CCC(N)CC(=O)Nc1ccccc1CN(CC)CC. The number of amides is 1. The predicted octanol–water partition coefficient (Wildman–Crippen LogP) is 2.59. The molecule has 1 unspecified atom stereocenters. The zero-order chi connectivity index (χ0) is 15.0. The zero-order valence-electron chi connectivity index (χ0n) is 12.9.